The van der Waals surface area contributed by atoms with Crippen LogP contribution in [0.15, 0.2) is 42.5 Å². The Morgan fingerprint density at radius 1 is 0.765 bits per heavy atom. The molecule has 0 amide bonds. The first-order valence-electron chi connectivity index (χ1n) is 5.23. The Hall–Kier alpha value is -0.670. The summed E-state index contributed by atoms with van der Waals surface area (Å²) in [6.07, 6.45) is 0. The van der Waals surface area contributed by atoms with Crippen LogP contribution in [0, 0.1) is 5.82 Å². The fourth-order valence-corrected chi connectivity index (χ4v) is 2.37. The minimum Gasteiger partial charge on any atom is -0.207 e. The zero-order chi connectivity index (χ0) is 12.3. The molecule has 3 heteroatoms. The summed E-state index contributed by atoms with van der Waals surface area (Å²) < 4.78 is 12.9. The van der Waals surface area contributed by atoms with E-state index < -0.39 is 0 Å². The molecule has 0 fully saturated rings. The molecule has 0 aromatic heterocycles. The van der Waals surface area contributed by atoms with E-state index in [2.05, 4.69) is 50.1 Å². The second-order valence-electron chi connectivity index (χ2n) is 3.81. The van der Waals surface area contributed by atoms with E-state index in [0.29, 0.717) is 0 Å². The lowest BCUT2D eigenvalue weighted by molar-refractivity contribution is 0.628. The molecule has 0 nitrogen and oxygen atoms in total. The zero-order valence-electron chi connectivity index (χ0n) is 9.09. The molecule has 0 saturated heterocycles. The van der Waals surface area contributed by atoms with Gasteiger partial charge in [0.1, 0.15) is 5.82 Å². The zero-order valence-corrected chi connectivity index (χ0v) is 12.3. The summed E-state index contributed by atoms with van der Waals surface area (Å²) in [5.74, 6) is -0.203. The van der Waals surface area contributed by atoms with Crippen LogP contribution in [0.5, 0.6) is 0 Å². The second-order valence-corrected chi connectivity index (χ2v) is 4.93. The molecule has 0 bridgehead atoms. The summed E-state index contributed by atoms with van der Waals surface area (Å²) in [5, 5.41) is 1.64. The molecule has 0 saturated carbocycles. The van der Waals surface area contributed by atoms with Gasteiger partial charge in [0.2, 0.25) is 0 Å². The molecule has 0 N–H and O–H groups in total. The van der Waals surface area contributed by atoms with Gasteiger partial charge in [-0.25, -0.2) is 4.39 Å². The summed E-state index contributed by atoms with van der Waals surface area (Å²) in [6.45, 7) is 0. The Bertz CT molecular complexity index is 484. The van der Waals surface area contributed by atoms with Crippen molar-refractivity contribution in [1.29, 1.82) is 0 Å². The van der Waals surface area contributed by atoms with Crippen LogP contribution in [-0.2, 0) is 10.7 Å². The number of rotatable bonds is 3. The van der Waals surface area contributed by atoms with Crippen molar-refractivity contribution in [2.24, 2.45) is 0 Å². The molecule has 0 aliphatic rings. The summed E-state index contributed by atoms with van der Waals surface area (Å²) >= 11 is 6.93. The minimum atomic E-state index is -0.203. The molecule has 0 aliphatic carbocycles. The van der Waals surface area contributed by atoms with Crippen LogP contribution >= 0.6 is 31.9 Å². The van der Waals surface area contributed by atoms with Crippen molar-refractivity contribution in [2.75, 3.05) is 0 Å². The highest BCUT2D eigenvalue weighted by Crippen LogP contribution is 2.24. The van der Waals surface area contributed by atoms with Crippen LogP contribution in [0.1, 0.15) is 11.1 Å². The third-order valence-corrected chi connectivity index (χ3v) is 3.83. The maximum absolute atomic E-state index is 12.9. The molecule has 88 valence electrons. The van der Waals surface area contributed by atoms with Crippen LogP contribution in [0.2, 0.25) is 0 Å². The third-order valence-electron chi connectivity index (χ3n) is 2.54. The van der Waals surface area contributed by atoms with Gasteiger partial charge in [-0.3, -0.25) is 0 Å². The highest BCUT2D eigenvalue weighted by molar-refractivity contribution is 9.08. The van der Waals surface area contributed by atoms with Crippen LogP contribution < -0.4 is 0 Å². The van der Waals surface area contributed by atoms with Crippen molar-refractivity contribution in [3.63, 3.8) is 0 Å². The van der Waals surface area contributed by atoms with Crippen LogP contribution in [-0.4, -0.2) is 0 Å². The highest BCUT2D eigenvalue weighted by atomic mass is 79.9. The van der Waals surface area contributed by atoms with Crippen molar-refractivity contribution in [2.45, 2.75) is 10.7 Å². The van der Waals surface area contributed by atoms with Crippen LogP contribution in [0.25, 0.3) is 11.1 Å². The smallest absolute Gasteiger partial charge is 0.123 e. The van der Waals surface area contributed by atoms with Gasteiger partial charge in [0, 0.05) is 10.7 Å². The van der Waals surface area contributed by atoms with E-state index in [0.717, 1.165) is 21.8 Å². The summed E-state index contributed by atoms with van der Waals surface area (Å²) in [5.41, 5.74) is 4.61. The molecule has 0 unspecified atom stereocenters. The van der Waals surface area contributed by atoms with Gasteiger partial charge < -0.3 is 0 Å². The largest absolute Gasteiger partial charge is 0.207 e. The van der Waals surface area contributed by atoms with E-state index in [4.69, 9.17) is 0 Å². The number of benzene rings is 2. The van der Waals surface area contributed by atoms with Gasteiger partial charge in [-0.05, 0) is 34.4 Å². The quantitative estimate of drug-likeness (QED) is 0.655. The molecule has 0 atom stereocenters. The fraction of sp³-hybridized carbons (Fsp3) is 0.143. The Morgan fingerprint density at radius 3 is 1.76 bits per heavy atom. The normalized spacial score (nSPS) is 10.5. The molecule has 2 aromatic rings. The van der Waals surface area contributed by atoms with E-state index in [1.165, 1.54) is 23.3 Å². The average molecular weight is 358 g/mol. The lowest BCUT2D eigenvalue weighted by Gasteiger charge is -2.07. The molecule has 0 heterocycles. The first kappa shape index (κ1) is 12.8. The number of hydrogen-bond acceptors (Lipinski definition) is 0. The van der Waals surface area contributed by atoms with Crippen molar-refractivity contribution >= 4 is 31.9 Å². The molecule has 0 radical (unpaired) electrons. The minimum absolute atomic E-state index is 0.203. The molecular formula is C14H11Br2F. The Labute approximate surface area is 117 Å². The van der Waals surface area contributed by atoms with E-state index >= 15 is 0 Å². The lowest BCUT2D eigenvalue weighted by atomic mass is 10.0. The molecule has 2 aromatic carbocycles. The molecule has 2 rings (SSSR count). The fourth-order valence-electron chi connectivity index (χ4n) is 1.73. The monoisotopic (exact) mass is 356 g/mol. The van der Waals surface area contributed by atoms with Gasteiger partial charge in [-0.2, -0.15) is 0 Å². The average Bonchev–Trinajstić information content (AvgIpc) is 2.39. The molecule has 0 spiro atoms. The summed E-state index contributed by atoms with van der Waals surface area (Å²) in [7, 11) is 0. The van der Waals surface area contributed by atoms with Crippen molar-refractivity contribution < 1.29 is 4.39 Å². The van der Waals surface area contributed by atoms with Crippen LogP contribution in [0.4, 0.5) is 4.39 Å². The number of hydrogen-bond donors (Lipinski definition) is 0. The Balaban J connectivity index is 2.46. The summed E-state index contributed by atoms with van der Waals surface area (Å²) in [6, 6.07) is 13.0. The maximum Gasteiger partial charge on any atom is 0.123 e. The number of alkyl halides is 2. The lowest BCUT2D eigenvalue weighted by Crippen LogP contribution is -1.87. The first-order chi connectivity index (χ1) is 8.22. The predicted octanol–water partition coefficient (Wildman–Crippen LogP) is 5.28. The van der Waals surface area contributed by atoms with Gasteiger partial charge in [0.05, 0.1) is 0 Å². The molecule has 17 heavy (non-hydrogen) atoms. The van der Waals surface area contributed by atoms with Gasteiger partial charge >= 0.3 is 0 Å². The maximum atomic E-state index is 12.9. The van der Waals surface area contributed by atoms with E-state index in [1.54, 1.807) is 12.1 Å². The number of halogens is 3. The SMILES string of the molecule is Fc1ccc(-c2cc(CBr)cc(CBr)c2)cc1. The highest BCUT2D eigenvalue weighted by Gasteiger charge is 2.03. The van der Waals surface area contributed by atoms with E-state index in [1.807, 2.05) is 0 Å². The van der Waals surface area contributed by atoms with Crippen LogP contribution in [0.3, 0.4) is 0 Å². The van der Waals surface area contributed by atoms with Gasteiger partial charge in [0.15, 0.2) is 0 Å². The van der Waals surface area contributed by atoms with Gasteiger partial charge in [-0.1, -0.05) is 62.2 Å². The summed E-state index contributed by atoms with van der Waals surface area (Å²) in [4.78, 5) is 0. The molecule has 0 aliphatic heterocycles. The topological polar surface area (TPSA) is 0 Å². The van der Waals surface area contributed by atoms with Crippen molar-refractivity contribution in [1.82, 2.24) is 0 Å². The Morgan fingerprint density at radius 2 is 1.29 bits per heavy atom. The second kappa shape index (κ2) is 5.78. The van der Waals surface area contributed by atoms with Gasteiger partial charge in [0.25, 0.3) is 0 Å². The van der Waals surface area contributed by atoms with Crippen molar-refractivity contribution in [3.05, 3.63) is 59.4 Å². The third kappa shape index (κ3) is 3.17. The van der Waals surface area contributed by atoms with Gasteiger partial charge in [-0.15, -0.1) is 0 Å². The molecular weight excluding hydrogens is 347 g/mol. The van der Waals surface area contributed by atoms with E-state index in [-0.39, 0.29) is 5.82 Å². The Kier molecular flexibility index (Phi) is 4.35. The first-order valence-corrected chi connectivity index (χ1v) is 7.48. The van der Waals surface area contributed by atoms with Crippen molar-refractivity contribution in [3.8, 4) is 11.1 Å². The van der Waals surface area contributed by atoms with E-state index in [9.17, 15) is 4.39 Å². The predicted molar refractivity (Wildman–Crippen MR) is 77.1 cm³/mol. The standard InChI is InChI=1S/C14H11Br2F/c15-8-10-5-11(9-16)7-13(6-10)12-1-3-14(17)4-2-12/h1-7H,8-9H2.